The van der Waals surface area contributed by atoms with Crippen molar-refractivity contribution in [2.45, 2.75) is 20.3 Å². The second-order valence-corrected chi connectivity index (χ2v) is 5.08. The second kappa shape index (κ2) is 8.62. The number of nitrogens with one attached hydrogen (secondary N) is 2. The highest BCUT2D eigenvalue weighted by Crippen LogP contribution is 2.24. The third-order valence-electron chi connectivity index (χ3n) is 3.35. The fraction of sp³-hybridized carbons (Fsp3) is 0.158. The van der Waals surface area contributed by atoms with Gasteiger partial charge in [-0.25, -0.2) is 4.39 Å². The SMILES string of the molecule is C\C=C(/C(=C\C=C\CC)Nc1ccc(F)cc1)c1cc(C=O)n[nH]1. The first kappa shape index (κ1) is 17.4. The number of aromatic nitrogens is 2. The van der Waals surface area contributed by atoms with Gasteiger partial charge in [0, 0.05) is 17.0 Å². The summed E-state index contributed by atoms with van der Waals surface area (Å²) in [5.74, 6) is -0.285. The predicted molar refractivity (Wildman–Crippen MR) is 95.2 cm³/mol. The average Bonchev–Trinajstić information content (AvgIpc) is 3.06. The quantitative estimate of drug-likeness (QED) is 0.572. The minimum absolute atomic E-state index is 0.285. The van der Waals surface area contributed by atoms with Gasteiger partial charge in [0.25, 0.3) is 0 Å². The lowest BCUT2D eigenvalue weighted by Gasteiger charge is -2.13. The Kier molecular flexibility index (Phi) is 6.25. The Morgan fingerprint density at radius 2 is 2.08 bits per heavy atom. The molecule has 0 bridgehead atoms. The lowest BCUT2D eigenvalue weighted by molar-refractivity contribution is 0.111. The number of anilines is 1. The van der Waals surface area contributed by atoms with E-state index in [0.29, 0.717) is 12.0 Å². The summed E-state index contributed by atoms with van der Waals surface area (Å²) in [6.07, 6.45) is 9.45. The van der Waals surface area contributed by atoms with E-state index in [-0.39, 0.29) is 5.82 Å². The summed E-state index contributed by atoms with van der Waals surface area (Å²) in [5, 5.41) is 10.1. The van der Waals surface area contributed by atoms with Crippen molar-refractivity contribution in [3.05, 3.63) is 77.5 Å². The van der Waals surface area contributed by atoms with Crippen LogP contribution in [0.2, 0.25) is 0 Å². The van der Waals surface area contributed by atoms with E-state index >= 15 is 0 Å². The van der Waals surface area contributed by atoms with E-state index in [1.807, 2.05) is 31.2 Å². The van der Waals surface area contributed by atoms with E-state index in [9.17, 15) is 9.18 Å². The third-order valence-corrected chi connectivity index (χ3v) is 3.35. The monoisotopic (exact) mass is 325 g/mol. The Balaban J connectivity index is 2.36. The molecule has 5 heteroatoms. The van der Waals surface area contributed by atoms with Gasteiger partial charge in [-0.1, -0.05) is 25.2 Å². The molecule has 0 aliphatic rings. The smallest absolute Gasteiger partial charge is 0.170 e. The topological polar surface area (TPSA) is 57.8 Å². The number of halogens is 1. The minimum Gasteiger partial charge on any atom is -0.355 e. The molecule has 0 saturated heterocycles. The van der Waals surface area contributed by atoms with Crippen LogP contribution in [-0.2, 0) is 0 Å². The van der Waals surface area contributed by atoms with E-state index in [1.54, 1.807) is 18.2 Å². The van der Waals surface area contributed by atoms with Gasteiger partial charge in [0.15, 0.2) is 6.29 Å². The van der Waals surface area contributed by atoms with Crippen LogP contribution in [0, 0.1) is 5.82 Å². The lowest BCUT2D eigenvalue weighted by Crippen LogP contribution is -2.03. The number of nitrogens with zero attached hydrogens (tertiary/aromatic N) is 1. The van der Waals surface area contributed by atoms with Gasteiger partial charge in [0.05, 0.1) is 5.69 Å². The number of carbonyl (C=O) groups excluding carboxylic acids is 1. The van der Waals surface area contributed by atoms with E-state index in [4.69, 9.17) is 0 Å². The van der Waals surface area contributed by atoms with Crippen molar-refractivity contribution in [2.24, 2.45) is 0 Å². The molecule has 2 N–H and O–H groups in total. The van der Waals surface area contributed by atoms with Crippen LogP contribution in [0.25, 0.3) is 5.57 Å². The second-order valence-electron chi connectivity index (χ2n) is 5.08. The number of rotatable bonds is 7. The van der Waals surface area contributed by atoms with Gasteiger partial charge in [-0.05, 0) is 49.8 Å². The zero-order chi connectivity index (χ0) is 17.4. The zero-order valence-electron chi connectivity index (χ0n) is 13.7. The largest absolute Gasteiger partial charge is 0.355 e. The summed E-state index contributed by atoms with van der Waals surface area (Å²) in [6.45, 7) is 3.96. The molecule has 0 atom stereocenters. The third kappa shape index (κ3) is 4.52. The normalized spacial score (nSPS) is 12.6. The predicted octanol–water partition coefficient (Wildman–Crippen LogP) is 4.73. The number of aromatic amines is 1. The van der Waals surface area contributed by atoms with E-state index in [0.717, 1.165) is 29.1 Å². The fourth-order valence-corrected chi connectivity index (χ4v) is 2.18. The van der Waals surface area contributed by atoms with Crippen LogP contribution in [0.3, 0.4) is 0 Å². The fourth-order valence-electron chi connectivity index (χ4n) is 2.18. The molecule has 1 heterocycles. The van der Waals surface area contributed by atoms with Crippen LogP contribution in [0.5, 0.6) is 0 Å². The number of benzene rings is 1. The Morgan fingerprint density at radius 1 is 1.33 bits per heavy atom. The molecule has 4 nitrogen and oxygen atoms in total. The Labute approximate surface area is 140 Å². The summed E-state index contributed by atoms with van der Waals surface area (Å²) >= 11 is 0. The van der Waals surface area contributed by atoms with Gasteiger partial charge in [0.1, 0.15) is 11.5 Å². The van der Waals surface area contributed by atoms with E-state index < -0.39 is 0 Å². The molecule has 124 valence electrons. The van der Waals surface area contributed by atoms with Crippen molar-refractivity contribution in [1.82, 2.24) is 10.2 Å². The molecular weight excluding hydrogens is 305 g/mol. The Bertz CT molecular complexity index is 770. The van der Waals surface area contributed by atoms with E-state index in [1.165, 1.54) is 12.1 Å². The molecule has 0 aliphatic heterocycles. The highest BCUT2D eigenvalue weighted by Gasteiger charge is 2.11. The lowest BCUT2D eigenvalue weighted by atomic mass is 10.1. The summed E-state index contributed by atoms with van der Waals surface area (Å²) in [4.78, 5) is 10.9. The van der Waals surface area contributed by atoms with Crippen LogP contribution in [0.15, 0.2) is 60.3 Å². The van der Waals surface area contributed by atoms with Gasteiger partial charge in [-0.3, -0.25) is 9.89 Å². The number of H-pyrrole nitrogens is 1. The number of carbonyl (C=O) groups is 1. The van der Waals surface area contributed by atoms with Crippen molar-refractivity contribution >= 4 is 17.5 Å². The molecule has 1 aromatic heterocycles. The molecule has 0 fully saturated rings. The maximum atomic E-state index is 13.1. The first-order chi connectivity index (χ1) is 11.7. The molecule has 1 aromatic carbocycles. The van der Waals surface area contributed by atoms with Crippen molar-refractivity contribution in [3.63, 3.8) is 0 Å². The zero-order valence-corrected chi connectivity index (χ0v) is 13.7. The highest BCUT2D eigenvalue weighted by molar-refractivity contribution is 5.83. The molecule has 0 spiro atoms. The maximum absolute atomic E-state index is 13.1. The molecule has 0 unspecified atom stereocenters. The Hall–Kier alpha value is -2.95. The molecule has 0 aliphatic carbocycles. The summed E-state index contributed by atoms with van der Waals surface area (Å²) in [6, 6.07) is 7.83. The van der Waals surface area contributed by atoms with Crippen molar-refractivity contribution in [1.29, 1.82) is 0 Å². The van der Waals surface area contributed by atoms with Crippen LogP contribution in [0.4, 0.5) is 10.1 Å². The molecule has 0 radical (unpaired) electrons. The molecule has 2 aromatic rings. The van der Waals surface area contributed by atoms with Gasteiger partial charge in [0.2, 0.25) is 0 Å². The number of hydrogen-bond acceptors (Lipinski definition) is 3. The standard InChI is InChI=1S/C19H20FN3O/c1-3-5-6-7-18(21-15-10-8-14(20)9-11-15)17(4-2)19-12-16(13-24)22-23-19/h4-13,21H,3H2,1-2H3,(H,22,23)/b6-5+,17-4+,18-7+. The summed E-state index contributed by atoms with van der Waals surface area (Å²) in [7, 11) is 0. The van der Waals surface area contributed by atoms with Gasteiger partial charge in [-0.15, -0.1) is 0 Å². The van der Waals surface area contributed by atoms with Crippen molar-refractivity contribution in [2.75, 3.05) is 5.32 Å². The molecule has 0 amide bonds. The van der Waals surface area contributed by atoms with Crippen LogP contribution >= 0.6 is 0 Å². The first-order valence-electron chi connectivity index (χ1n) is 7.75. The van der Waals surface area contributed by atoms with Gasteiger partial charge < -0.3 is 5.32 Å². The summed E-state index contributed by atoms with van der Waals surface area (Å²) in [5.41, 5.74) is 3.51. The summed E-state index contributed by atoms with van der Waals surface area (Å²) < 4.78 is 13.1. The minimum atomic E-state index is -0.285. The van der Waals surface area contributed by atoms with Gasteiger partial charge in [-0.2, -0.15) is 5.10 Å². The van der Waals surface area contributed by atoms with Crippen molar-refractivity contribution < 1.29 is 9.18 Å². The van der Waals surface area contributed by atoms with Crippen LogP contribution < -0.4 is 5.32 Å². The number of aldehydes is 1. The molecular formula is C19H20FN3O. The molecule has 0 saturated carbocycles. The first-order valence-corrected chi connectivity index (χ1v) is 7.75. The van der Waals surface area contributed by atoms with Crippen LogP contribution in [-0.4, -0.2) is 16.5 Å². The number of allylic oxidation sites excluding steroid dienone is 5. The number of hydrogen-bond donors (Lipinski definition) is 2. The van der Waals surface area contributed by atoms with E-state index in [2.05, 4.69) is 22.4 Å². The maximum Gasteiger partial charge on any atom is 0.170 e. The van der Waals surface area contributed by atoms with Crippen molar-refractivity contribution in [3.8, 4) is 0 Å². The van der Waals surface area contributed by atoms with Crippen LogP contribution in [0.1, 0.15) is 36.5 Å². The average molecular weight is 325 g/mol. The van der Waals surface area contributed by atoms with Gasteiger partial charge >= 0.3 is 0 Å². The highest BCUT2D eigenvalue weighted by atomic mass is 19.1. The molecule has 2 rings (SSSR count). The molecule has 24 heavy (non-hydrogen) atoms. The Morgan fingerprint density at radius 3 is 2.67 bits per heavy atom.